The molecule has 71 heavy (non-hydrogen) atoms. The SMILES string of the molecule is CCCCCCCCCCCCCC/C=C\CCCCCCCCCCC(=O)NC(COP(=O)(O)OCC[N+](C)(C)C)C(O)CCCCCCCCCCCCCCCCCCCCCCCCCCC. The van der Waals surface area contributed by atoms with E-state index in [9.17, 15) is 19.4 Å². The smallest absolute Gasteiger partial charge is 0.391 e. The summed E-state index contributed by atoms with van der Waals surface area (Å²) in [5, 5.41) is 14.1. The van der Waals surface area contributed by atoms with Crippen molar-refractivity contribution in [3.63, 3.8) is 0 Å². The third kappa shape index (κ3) is 56.8. The molecule has 0 aliphatic carbocycles. The zero-order valence-electron chi connectivity index (χ0n) is 48.5. The third-order valence-corrected chi connectivity index (χ3v) is 15.7. The Labute approximate surface area is 443 Å². The molecule has 424 valence electrons. The molecule has 3 atom stereocenters. The lowest BCUT2D eigenvalue weighted by atomic mass is 10.0. The van der Waals surface area contributed by atoms with Crippen molar-refractivity contribution in [2.75, 3.05) is 40.9 Å². The number of aliphatic hydroxyl groups is 1. The van der Waals surface area contributed by atoms with E-state index in [1.807, 2.05) is 21.1 Å². The summed E-state index contributed by atoms with van der Waals surface area (Å²) in [4.78, 5) is 23.4. The number of carbonyl (C=O) groups excluding carboxylic acids is 1. The molecule has 8 nitrogen and oxygen atoms in total. The van der Waals surface area contributed by atoms with Gasteiger partial charge in [0.15, 0.2) is 0 Å². The zero-order chi connectivity index (χ0) is 52.0. The molecule has 0 aliphatic heterocycles. The Kier molecular flexibility index (Phi) is 53.5. The topological polar surface area (TPSA) is 105 Å². The molecule has 0 fully saturated rings. The number of unbranched alkanes of at least 4 members (excludes halogenated alkanes) is 44. The fourth-order valence-electron chi connectivity index (χ4n) is 9.81. The van der Waals surface area contributed by atoms with Crippen molar-refractivity contribution in [2.45, 2.75) is 341 Å². The van der Waals surface area contributed by atoms with Crippen molar-refractivity contribution < 1.29 is 32.9 Å². The Balaban J connectivity index is 4.09. The number of hydrogen-bond acceptors (Lipinski definition) is 5. The van der Waals surface area contributed by atoms with Gasteiger partial charge in [-0.05, 0) is 38.5 Å². The molecule has 1 amide bonds. The van der Waals surface area contributed by atoms with Crippen molar-refractivity contribution in [1.82, 2.24) is 5.32 Å². The molecule has 0 spiro atoms. The standard InChI is InChI=1S/C62H125N2O6P/c1-6-8-10-12-14-16-18-20-22-24-26-28-30-32-33-35-37-39-41-43-45-47-49-51-53-55-61(65)60(59-70-71(67,68)69-58-57-64(3,4)5)63-62(66)56-54-52-50-48-46-44-42-40-38-36-34-31-29-27-25-23-21-19-17-15-13-11-9-7-2/h34,36,60-61,65H,6-33,35,37-59H2,1-5H3,(H-,63,66,67,68)/p+1/b36-34-. The fraction of sp³-hybridized carbons (Fsp3) is 0.952. The minimum atomic E-state index is -4.32. The maximum Gasteiger partial charge on any atom is 0.472 e. The van der Waals surface area contributed by atoms with Gasteiger partial charge in [-0.3, -0.25) is 13.8 Å². The number of nitrogens with one attached hydrogen (secondary N) is 1. The number of quaternary nitrogens is 1. The van der Waals surface area contributed by atoms with E-state index < -0.39 is 20.0 Å². The molecule has 0 heterocycles. The summed E-state index contributed by atoms with van der Waals surface area (Å²) in [5.74, 6) is -0.141. The van der Waals surface area contributed by atoms with Crippen LogP contribution in [0, 0.1) is 0 Å². The predicted octanol–water partition coefficient (Wildman–Crippen LogP) is 19.4. The van der Waals surface area contributed by atoms with Gasteiger partial charge in [-0.15, -0.1) is 0 Å². The minimum absolute atomic E-state index is 0.0767. The lowest BCUT2D eigenvalue weighted by Gasteiger charge is -2.26. The minimum Gasteiger partial charge on any atom is -0.391 e. The van der Waals surface area contributed by atoms with Gasteiger partial charge in [0.05, 0.1) is 39.9 Å². The van der Waals surface area contributed by atoms with E-state index >= 15 is 0 Å². The van der Waals surface area contributed by atoms with Gasteiger partial charge in [-0.2, -0.15) is 0 Å². The average Bonchev–Trinajstić information content (AvgIpc) is 3.33. The number of rotatable bonds is 59. The molecule has 0 aliphatic rings. The number of nitrogens with zero attached hydrogens (tertiary/aromatic N) is 1. The Morgan fingerprint density at radius 2 is 0.761 bits per heavy atom. The summed E-state index contributed by atoms with van der Waals surface area (Å²) in [5.41, 5.74) is 0. The first kappa shape index (κ1) is 70.2. The molecule has 0 aromatic carbocycles. The normalized spacial score (nSPS) is 13.8. The molecular formula is C62H126N2O6P+. The van der Waals surface area contributed by atoms with Gasteiger partial charge in [-0.1, -0.05) is 296 Å². The van der Waals surface area contributed by atoms with Gasteiger partial charge in [0.1, 0.15) is 13.2 Å². The molecule has 0 radical (unpaired) electrons. The van der Waals surface area contributed by atoms with Crippen molar-refractivity contribution >= 4 is 13.7 Å². The second kappa shape index (κ2) is 54.0. The van der Waals surface area contributed by atoms with Crippen LogP contribution in [-0.2, 0) is 18.4 Å². The van der Waals surface area contributed by atoms with Crippen LogP contribution in [0.15, 0.2) is 12.2 Å². The molecule has 0 bridgehead atoms. The Hall–Kier alpha value is -0.760. The maximum absolute atomic E-state index is 13.0. The van der Waals surface area contributed by atoms with Crippen molar-refractivity contribution in [3.8, 4) is 0 Å². The van der Waals surface area contributed by atoms with Crippen LogP contribution in [0.2, 0.25) is 0 Å². The van der Waals surface area contributed by atoms with E-state index in [4.69, 9.17) is 9.05 Å². The Morgan fingerprint density at radius 1 is 0.465 bits per heavy atom. The number of phosphoric acid groups is 1. The summed E-state index contributed by atoms with van der Waals surface area (Å²) in [6.45, 7) is 4.95. The van der Waals surface area contributed by atoms with Crippen molar-refractivity contribution in [2.24, 2.45) is 0 Å². The van der Waals surface area contributed by atoms with Crippen LogP contribution < -0.4 is 5.32 Å². The summed E-state index contributed by atoms with van der Waals surface area (Å²) < 4.78 is 23.8. The Bertz CT molecular complexity index is 1160. The summed E-state index contributed by atoms with van der Waals surface area (Å²) in [7, 11) is 1.63. The van der Waals surface area contributed by atoms with Crippen LogP contribution in [0.4, 0.5) is 0 Å². The van der Waals surface area contributed by atoms with E-state index in [1.54, 1.807) is 0 Å². The average molecular weight is 1030 g/mol. The van der Waals surface area contributed by atoms with E-state index in [0.717, 1.165) is 38.5 Å². The first-order valence-electron chi connectivity index (χ1n) is 31.6. The number of phosphoric ester groups is 1. The highest BCUT2D eigenvalue weighted by molar-refractivity contribution is 7.47. The Morgan fingerprint density at radius 3 is 1.08 bits per heavy atom. The zero-order valence-corrected chi connectivity index (χ0v) is 49.4. The molecule has 0 rings (SSSR count). The lowest BCUT2D eigenvalue weighted by Crippen LogP contribution is -2.46. The van der Waals surface area contributed by atoms with E-state index in [-0.39, 0.29) is 19.1 Å². The highest BCUT2D eigenvalue weighted by atomic mass is 31.2. The highest BCUT2D eigenvalue weighted by Crippen LogP contribution is 2.43. The monoisotopic (exact) mass is 1030 g/mol. The second-order valence-electron chi connectivity index (χ2n) is 23.1. The van der Waals surface area contributed by atoms with Gasteiger partial charge in [-0.25, -0.2) is 4.57 Å². The number of hydrogen-bond donors (Lipinski definition) is 3. The quantitative estimate of drug-likeness (QED) is 0.0243. The van der Waals surface area contributed by atoms with Crippen molar-refractivity contribution in [1.29, 1.82) is 0 Å². The van der Waals surface area contributed by atoms with Gasteiger partial charge < -0.3 is 19.8 Å². The van der Waals surface area contributed by atoms with Crippen LogP contribution >= 0.6 is 7.82 Å². The number of amides is 1. The van der Waals surface area contributed by atoms with E-state index in [0.29, 0.717) is 23.9 Å². The molecule has 0 aromatic heterocycles. The van der Waals surface area contributed by atoms with Gasteiger partial charge in [0, 0.05) is 6.42 Å². The first-order valence-corrected chi connectivity index (χ1v) is 33.0. The first-order chi connectivity index (χ1) is 34.5. The molecule has 9 heteroatoms. The highest BCUT2D eigenvalue weighted by Gasteiger charge is 2.28. The van der Waals surface area contributed by atoms with Crippen LogP contribution in [0.3, 0.4) is 0 Å². The molecule has 3 unspecified atom stereocenters. The van der Waals surface area contributed by atoms with Crippen molar-refractivity contribution in [3.05, 3.63) is 12.2 Å². The summed E-state index contributed by atoms with van der Waals surface area (Å²) >= 11 is 0. The van der Waals surface area contributed by atoms with Gasteiger partial charge >= 0.3 is 7.82 Å². The number of carbonyl (C=O) groups is 1. The lowest BCUT2D eigenvalue weighted by molar-refractivity contribution is -0.870. The van der Waals surface area contributed by atoms with Crippen LogP contribution in [0.1, 0.15) is 328 Å². The molecule has 0 aromatic rings. The molecular weight excluding hydrogens is 900 g/mol. The number of allylic oxidation sites excluding steroid dienone is 2. The van der Waals surface area contributed by atoms with Gasteiger partial charge in [0.2, 0.25) is 5.91 Å². The number of aliphatic hydroxyl groups excluding tert-OH is 1. The maximum atomic E-state index is 13.0. The fourth-order valence-corrected chi connectivity index (χ4v) is 10.5. The predicted molar refractivity (Wildman–Crippen MR) is 309 cm³/mol. The summed E-state index contributed by atoms with van der Waals surface area (Å²) in [6.07, 6.45) is 67.1. The number of likely N-dealkylation sites (N-methyl/N-ethyl adjacent to an activating group) is 1. The van der Waals surface area contributed by atoms with Crippen LogP contribution in [0.5, 0.6) is 0 Å². The van der Waals surface area contributed by atoms with E-state index in [2.05, 4.69) is 31.3 Å². The largest absolute Gasteiger partial charge is 0.472 e. The van der Waals surface area contributed by atoms with Gasteiger partial charge in [0.25, 0.3) is 0 Å². The van der Waals surface area contributed by atoms with E-state index in [1.165, 1.54) is 263 Å². The second-order valence-corrected chi connectivity index (χ2v) is 24.6. The van der Waals surface area contributed by atoms with Crippen LogP contribution in [-0.4, -0.2) is 73.4 Å². The molecule has 3 N–H and O–H groups in total. The van der Waals surface area contributed by atoms with Crippen LogP contribution in [0.25, 0.3) is 0 Å². The molecule has 0 saturated heterocycles. The molecule has 0 saturated carbocycles. The summed E-state index contributed by atoms with van der Waals surface area (Å²) in [6, 6.07) is -0.761. The third-order valence-electron chi connectivity index (χ3n) is 14.8.